The van der Waals surface area contributed by atoms with Gasteiger partial charge in [0.25, 0.3) is 0 Å². The molecule has 0 aliphatic rings. The molecule has 222 valence electrons. The van der Waals surface area contributed by atoms with Crippen LogP contribution in [-0.4, -0.2) is 23.8 Å². The van der Waals surface area contributed by atoms with E-state index >= 15 is 0 Å². The summed E-state index contributed by atoms with van der Waals surface area (Å²) < 4.78 is 4.90. The van der Waals surface area contributed by atoms with Crippen molar-refractivity contribution in [3.05, 3.63) is 152 Å². The number of hydrogen-bond acceptors (Lipinski definition) is 3. The maximum atomic E-state index is 5.32. The SMILES string of the molecule is c1ccc(-c2cc(-c3cnc4c(c3)c3c5ccccc5n5c6ccccc6n6c7ccccc7c4c6c35)nc(-c3ccccc3)n2)cc1. The van der Waals surface area contributed by atoms with E-state index in [1.54, 1.807) is 0 Å². The lowest BCUT2D eigenvalue weighted by Gasteiger charge is -2.13. The van der Waals surface area contributed by atoms with E-state index in [2.05, 4.69) is 118 Å². The molecule has 0 bridgehead atoms. The first kappa shape index (κ1) is 25.6. The standard InChI is InChI=1S/C43H25N5/c1-3-13-26(14-4-1)32-24-33(46-43(45-32)27-15-5-2-6-16-27)28-23-31-38-29-17-7-9-19-34(29)47-36-21-11-12-22-37(36)48-35-20-10-8-18-30(35)39(40(31)44-25-28)42(48)41(38)47/h1-25H. The van der Waals surface area contributed by atoms with E-state index in [4.69, 9.17) is 15.0 Å². The van der Waals surface area contributed by atoms with Crippen molar-refractivity contribution in [2.45, 2.75) is 0 Å². The van der Waals surface area contributed by atoms with Crippen LogP contribution < -0.4 is 0 Å². The largest absolute Gasteiger partial charge is 0.305 e. The molecule has 11 aromatic rings. The third kappa shape index (κ3) is 3.37. The molecule has 0 fully saturated rings. The van der Waals surface area contributed by atoms with Crippen LogP contribution in [0.5, 0.6) is 0 Å². The average Bonchev–Trinajstić information content (AvgIpc) is 3.70. The molecule has 5 heteroatoms. The molecule has 0 atom stereocenters. The van der Waals surface area contributed by atoms with Gasteiger partial charge >= 0.3 is 0 Å². The van der Waals surface area contributed by atoms with E-state index in [0.29, 0.717) is 5.82 Å². The summed E-state index contributed by atoms with van der Waals surface area (Å²) in [5.74, 6) is 0.693. The van der Waals surface area contributed by atoms with Crippen molar-refractivity contribution in [1.29, 1.82) is 0 Å². The highest BCUT2D eigenvalue weighted by Crippen LogP contribution is 2.46. The minimum atomic E-state index is 0.693. The lowest BCUT2D eigenvalue weighted by molar-refractivity contribution is 1.18. The maximum Gasteiger partial charge on any atom is 0.160 e. The molecule has 0 unspecified atom stereocenters. The van der Waals surface area contributed by atoms with Gasteiger partial charge in [-0.25, -0.2) is 9.97 Å². The van der Waals surface area contributed by atoms with Crippen LogP contribution >= 0.6 is 0 Å². The molecule has 5 nitrogen and oxygen atoms in total. The van der Waals surface area contributed by atoms with Crippen LogP contribution in [0, 0.1) is 0 Å². The summed E-state index contributed by atoms with van der Waals surface area (Å²) in [6, 6.07) is 51.1. The summed E-state index contributed by atoms with van der Waals surface area (Å²) in [4.78, 5) is 15.5. The van der Waals surface area contributed by atoms with E-state index in [1.807, 2.05) is 42.6 Å². The zero-order valence-electron chi connectivity index (χ0n) is 25.7. The first-order valence-corrected chi connectivity index (χ1v) is 16.2. The fraction of sp³-hybridized carbons (Fsp3) is 0. The van der Waals surface area contributed by atoms with Crippen molar-refractivity contribution in [2.24, 2.45) is 0 Å². The molecular formula is C43H25N5. The Morgan fingerprint density at radius 2 is 0.896 bits per heavy atom. The van der Waals surface area contributed by atoms with Gasteiger partial charge in [-0.1, -0.05) is 109 Å². The van der Waals surface area contributed by atoms with Gasteiger partial charge in [0.1, 0.15) is 0 Å². The number of hydrogen-bond donors (Lipinski definition) is 0. The van der Waals surface area contributed by atoms with Crippen LogP contribution in [0.2, 0.25) is 0 Å². The highest BCUT2D eigenvalue weighted by atomic mass is 15.0. The minimum absolute atomic E-state index is 0.693. The number of rotatable bonds is 3. The summed E-state index contributed by atoms with van der Waals surface area (Å²) in [6.07, 6.45) is 1.99. The summed E-state index contributed by atoms with van der Waals surface area (Å²) >= 11 is 0. The second kappa shape index (κ2) is 9.47. The van der Waals surface area contributed by atoms with Gasteiger partial charge in [-0.15, -0.1) is 0 Å². The van der Waals surface area contributed by atoms with Crippen LogP contribution in [0.4, 0.5) is 0 Å². The number of pyridine rings is 1. The van der Waals surface area contributed by atoms with Crippen LogP contribution in [0.1, 0.15) is 0 Å². The van der Waals surface area contributed by atoms with Crippen LogP contribution in [0.3, 0.4) is 0 Å². The summed E-state index contributed by atoms with van der Waals surface area (Å²) in [6.45, 7) is 0. The molecule has 0 radical (unpaired) electrons. The molecule has 48 heavy (non-hydrogen) atoms. The van der Waals surface area contributed by atoms with Gasteiger partial charge in [0, 0.05) is 49.8 Å². The van der Waals surface area contributed by atoms with E-state index < -0.39 is 0 Å². The Bertz CT molecular complexity index is 2980. The Morgan fingerprint density at radius 1 is 0.396 bits per heavy atom. The fourth-order valence-corrected chi connectivity index (χ4v) is 7.85. The maximum absolute atomic E-state index is 5.32. The molecule has 0 saturated carbocycles. The van der Waals surface area contributed by atoms with E-state index in [9.17, 15) is 0 Å². The molecule has 0 spiro atoms. The molecule has 0 aliphatic carbocycles. The number of aromatic nitrogens is 5. The number of para-hydroxylation sites is 4. The number of benzene rings is 6. The van der Waals surface area contributed by atoms with Crippen molar-refractivity contribution < 1.29 is 0 Å². The van der Waals surface area contributed by atoms with Crippen molar-refractivity contribution in [3.63, 3.8) is 0 Å². The van der Waals surface area contributed by atoms with Crippen molar-refractivity contribution in [3.8, 4) is 33.9 Å². The molecule has 5 aromatic heterocycles. The summed E-state index contributed by atoms with van der Waals surface area (Å²) in [5.41, 5.74) is 12.9. The zero-order chi connectivity index (χ0) is 31.3. The van der Waals surface area contributed by atoms with Crippen LogP contribution in [0.25, 0.3) is 99.5 Å². The highest BCUT2D eigenvalue weighted by Gasteiger charge is 2.25. The Balaban J connectivity index is 1.31. The average molecular weight is 612 g/mol. The van der Waals surface area contributed by atoms with Crippen molar-refractivity contribution in [1.82, 2.24) is 23.8 Å². The smallest absolute Gasteiger partial charge is 0.160 e. The van der Waals surface area contributed by atoms with Crippen molar-refractivity contribution in [2.75, 3.05) is 0 Å². The predicted octanol–water partition coefficient (Wildman–Crippen LogP) is 10.6. The van der Waals surface area contributed by atoms with E-state index in [1.165, 1.54) is 54.6 Å². The molecule has 6 aromatic carbocycles. The number of fused-ring (bicyclic) bond motifs is 12. The highest BCUT2D eigenvalue weighted by molar-refractivity contribution is 6.36. The lowest BCUT2D eigenvalue weighted by atomic mass is 9.99. The third-order valence-electron chi connectivity index (χ3n) is 9.85. The Hall–Kier alpha value is -6.59. The monoisotopic (exact) mass is 611 g/mol. The molecule has 0 saturated heterocycles. The number of nitrogens with zero attached hydrogens (tertiary/aromatic N) is 5. The first-order valence-electron chi connectivity index (χ1n) is 16.2. The topological polar surface area (TPSA) is 47.5 Å². The molecule has 0 amide bonds. The van der Waals surface area contributed by atoms with Gasteiger partial charge < -0.3 is 8.80 Å². The predicted molar refractivity (Wildman–Crippen MR) is 197 cm³/mol. The molecular weight excluding hydrogens is 587 g/mol. The van der Waals surface area contributed by atoms with E-state index in [0.717, 1.165) is 39.0 Å². The molecule has 0 aliphatic heterocycles. The van der Waals surface area contributed by atoms with E-state index in [-0.39, 0.29) is 0 Å². The first-order chi connectivity index (χ1) is 23.8. The fourth-order valence-electron chi connectivity index (χ4n) is 7.85. The Kier molecular flexibility index (Phi) is 5.05. The zero-order valence-corrected chi connectivity index (χ0v) is 25.7. The Labute approximate surface area is 274 Å². The second-order valence-corrected chi connectivity index (χ2v) is 12.5. The van der Waals surface area contributed by atoms with Gasteiger partial charge in [0.2, 0.25) is 0 Å². The normalized spacial score (nSPS) is 12.2. The van der Waals surface area contributed by atoms with Gasteiger partial charge in [-0.05, 0) is 36.4 Å². The van der Waals surface area contributed by atoms with Gasteiger partial charge in [0.05, 0.1) is 50.0 Å². The lowest BCUT2D eigenvalue weighted by Crippen LogP contribution is -1.98. The minimum Gasteiger partial charge on any atom is -0.305 e. The Morgan fingerprint density at radius 3 is 1.54 bits per heavy atom. The van der Waals surface area contributed by atoms with Crippen molar-refractivity contribution >= 4 is 65.5 Å². The molecule has 11 rings (SSSR count). The summed E-state index contributed by atoms with van der Waals surface area (Å²) in [7, 11) is 0. The second-order valence-electron chi connectivity index (χ2n) is 12.5. The third-order valence-corrected chi connectivity index (χ3v) is 9.85. The van der Waals surface area contributed by atoms with Crippen LogP contribution in [0.15, 0.2) is 152 Å². The van der Waals surface area contributed by atoms with Crippen LogP contribution in [-0.2, 0) is 0 Å². The quantitative estimate of drug-likeness (QED) is 0.187. The summed E-state index contributed by atoms with van der Waals surface area (Å²) in [5, 5.41) is 5.92. The van der Waals surface area contributed by atoms with Gasteiger partial charge in [-0.2, -0.15) is 0 Å². The van der Waals surface area contributed by atoms with Gasteiger partial charge in [0.15, 0.2) is 5.82 Å². The van der Waals surface area contributed by atoms with Gasteiger partial charge in [-0.3, -0.25) is 4.98 Å². The molecule has 5 heterocycles. The molecule has 0 N–H and O–H groups in total.